The number of nitrogens with zero attached hydrogens (tertiary/aromatic N) is 1. The molecule has 0 bridgehead atoms. The number of quaternary nitrogens is 1. The first-order valence-electron chi connectivity index (χ1n) is 23.4. The number of hydrogen-bond donors (Lipinski definition) is 0. The van der Waals surface area contributed by atoms with Crippen LogP contribution in [0, 0.1) is 0 Å². The Morgan fingerprint density at radius 2 is 0.929 bits per heavy atom. The lowest BCUT2D eigenvalue weighted by molar-refractivity contribution is -0.870. The maximum absolute atomic E-state index is 12.6. The van der Waals surface area contributed by atoms with Gasteiger partial charge in [-0.15, -0.1) is 0 Å². The minimum atomic E-state index is -4.62. The number of carbonyl (C=O) groups is 2. The highest BCUT2D eigenvalue weighted by molar-refractivity contribution is 7.45. The predicted molar refractivity (Wildman–Crippen MR) is 231 cm³/mol. The van der Waals surface area contributed by atoms with Crippen molar-refractivity contribution in [3.63, 3.8) is 0 Å². The van der Waals surface area contributed by atoms with Crippen LogP contribution in [-0.4, -0.2) is 70.0 Å². The molecule has 0 N–H and O–H groups in total. The van der Waals surface area contributed by atoms with Gasteiger partial charge >= 0.3 is 11.9 Å². The van der Waals surface area contributed by atoms with E-state index in [2.05, 4.69) is 26.0 Å². The molecule has 0 saturated heterocycles. The zero-order chi connectivity index (χ0) is 41.4. The normalized spacial score (nSPS) is 13.6. The summed E-state index contributed by atoms with van der Waals surface area (Å²) in [5.74, 6) is -0.835. The maximum atomic E-state index is 12.6. The summed E-state index contributed by atoms with van der Waals surface area (Å²) in [5, 5.41) is 0. The van der Waals surface area contributed by atoms with Gasteiger partial charge in [0.1, 0.15) is 19.8 Å². The molecule has 0 aliphatic carbocycles. The molecule has 0 rings (SSSR count). The zero-order valence-corrected chi connectivity index (χ0v) is 38.2. The van der Waals surface area contributed by atoms with Gasteiger partial charge in [-0.25, -0.2) is 0 Å². The Morgan fingerprint density at radius 1 is 0.536 bits per heavy atom. The van der Waals surface area contributed by atoms with Crippen molar-refractivity contribution in [2.24, 2.45) is 0 Å². The average Bonchev–Trinajstić information content (AvgIpc) is 3.15. The largest absolute Gasteiger partial charge is 0.756 e. The van der Waals surface area contributed by atoms with Crippen molar-refractivity contribution in [1.29, 1.82) is 0 Å². The second kappa shape index (κ2) is 39.2. The Morgan fingerprint density at radius 3 is 1.38 bits per heavy atom. The van der Waals surface area contributed by atoms with E-state index in [4.69, 9.17) is 18.5 Å². The lowest BCUT2D eigenvalue weighted by atomic mass is 10.0. The summed E-state index contributed by atoms with van der Waals surface area (Å²) in [7, 11) is 1.17. The van der Waals surface area contributed by atoms with Crippen LogP contribution in [0.25, 0.3) is 0 Å². The van der Waals surface area contributed by atoms with Crippen molar-refractivity contribution in [3.05, 3.63) is 12.2 Å². The van der Waals surface area contributed by atoms with E-state index < -0.39 is 26.5 Å². The average molecular weight is 816 g/mol. The van der Waals surface area contributed by atoms with Gasteiger partial charge in [-0.1, -0.05) is 187 Å². The summed E-state index contributed by atoms with van der Waals surface area (Å²) in [6, 6.07) is 0. The van der Waals surface area contributed by atoms with Gasteiger partial charge in [0.05, 0.1) is 27.7 Å². The lowest BCUT2D eigenvalue weighted by Crippen LogP contribution is -2.37. The van der Waals surface area contributed by atoms with Gasteiger partial charge in [-0.3, -0.25) is 14.2 Å². The molecule has 56 heavy (non-hydrogen) atoms. The van der Waals surface area contributed by atoms with Crippen LogP contribution in [0.4, 0.5) is 0 Å². The molecule has 0 heterocycles. The topological polar surface area (TPSA) is 111 Å². The van der Waals surface area contributed by atoms with Crippen molar-refractivity contribution in [2.45, 2.75) is 225 Å². The molecule has 0 aromatic rings. The van der Waals surface area contributed by atoms with Crippen LogP contribution >= 0.6 is 7.82 Å². The molecule has 0 aliphatic heterocycles. The molecule has 0 amide bonds. The van der Waals surface area contributed by atoms with Crippen molar-refractivity contribution in [2.75, 3.05) is 47.5 Å². The Labute approximate surface area is 346 Å². The van der Waals surface area contributed by atoms with Gasteiger partial charge in [0.15, 0.2) is 6.10 Å². The Kier molecular flexibility index (Phi) is 38.3. The number of carbonyl (C=O) groups excluding carboxylic acids is 2. The molecule has 332 valence electrons. The van der Waals surface area contributed by atoms with Crippen LogP contribution in [0.15, 0.2) is 12.2 Å². The summed E-state index contributed by atoms with van der Waals surface area (Å²) in [6.07, 6.45) is 41.0. The molecule has 9 nitrogen and oxygen atoms in total. The summed E-state index contributed by atoms with van der Waals surface area (Å²) in [6.45, 7) is 4.21. The highest BCUT2D eigenvalue weighted by atomic mass is 31.2. The first-order chi connectivity index (χ1) is 27.0. The number of rotatable bonds is 43. The Bertz CT molecular complexity index is 969. The molecule has 0 spiro atoms. The third-order valence-electron chi connectivity index (χ3n) is 10.3. The Hall–Kier alpha value is -1.25. The molecule has 2 atom stereocenters. The van der Waals surface area contributed by atoms with Crippen LogP contribution in [0.5, 0.6) is 0 Å². The number of phosphoric ester groups is 1. The molecule has 0 aromatic heterocycles. The van der Waals surface area contributed by atoms with Crippen LogP contribution in [0.2, 0.25) is 0 Å². The smallest absolute Gasteiger partial charge is 0.306 e. The van der Waals surface area contributed by atoms with E-state index in [0.29, 0.717) is 17.4 Å². The summed E-state index contributed by atoms with van der Waals surface area (Å²) < 4.78 is 33.9. The second-order valence-electron chi connectivity index (χ2n) is 17.1. The van der Waals surface area contributed by atoms with E-state index >= 15 is 0 Å². The molecular weight excluding hydrogens is 725 g/mol. The predicted octanol–water partition coefficient (Wildman–Crippen LogP) is 12.7. The number of ether oxygens (including phenoxy) is 2. The highest BCUT2D eigenvalue weighted by Crippen LogP contribution is 2.38. The fourth-order valence-corrected chi connectivity index (χ4v) is 7.31. The SMILES string of the molecule is CCCC/C=C\CCCCCCCC(=O)O[C@H](COC(=O)CCCCCCCCCCCCCCCCCCCCCCC)COP(=O)([O-])OCC[N+](C)(C)C. The fraction of sp³-hybridized carbons (Fsp3) is 0.913. The minimum absolute atomic E-state index is 0.0294. The molecule has 1 unspecified atom stereocenters. The van der Waals surface area contributed by atoms with Crippen molar-refractivity contribution < 1.29 is 42.1 Å². The van der Waals surface area contributed by atoms with Gasteiger partial charge in [-0.2, -0.15) is 0 Å². The van der Waals surface area contributed by atoms with E-state index in [1.807, 2.05) is 21.1 Å². The number of allylic oxidation sites excluding steroid dienone is 2. The van der Waals surface area contributed by atoms with E-state index in [-0.39, 0.29) is 32.0 Å². The maximum Gasteiger partial charge on any atom is 0.306 e. The monoisotopic (exact) mass is 816 g/mol. The second-order valence-corrected chi connectivity index (χ2v) is 18.5. The van der Waals surface area contributed by atoms with Gasteiger partial charge in [0, 0.05) is 12.8 Å². The first-order valence-corrected chi connectivity index (χ1v) is 24.9. The lowest BCUT2D eigenvalue weighted by Gasteiger charge is -2.28. The van der Waals surface area contributed by atoms with Gasteiger partial charge in [-0.05, 0) is 32.1 Å². The number of unbranched alkanes of at least 4 members (excludes halogenated alkanes) is 27. The standard InChI is InChI=1S/C46H90NO8P/c1-6-8-10-12-14-16-18-19-20-21-22-23-24-25-26-27-29-30-32-34-36-38-45(48)52-42-44(43-54-56(50,51)53-41-40-47(3,4)5)55-46(49)39-37-35-33-31-28-17-15-13-11-9-7-2/h13,15,44H,6-12,14,16-43H2,1-5H3/b15-13-/t44-/m1/s1. The van der Waals surface area contributed by atoms with Crippen molar-refractivity contribution >= 4 is 19.8 Å². The van der Waals surface area contributed by atoms with Crippen LogP contribution in [0.1, 0.15) is 219 Å². The van der Waals surface area contributed by atoms with E-state index in [0.717, 1.165) is 57.8 Å². The molecule has 0 saturated carbocycles. The fourth-order valence-electron chi connectivity index (χ4n) is 6.58. The number of hydrogen-bond acceptors (Lipinski definition) is 8. The number of esters is 2. The molecular formula is C46H90NO8P. The molecule has 0 fully saturated rings. The van der Waals surface area contributed by atoms with Crippen LogP contribution in [-0.2, 0) is 32.7 Å². The third kappa shape index (κ3) is 42.4. The molecule has 0 radical (unpaired) electrons. The van der Waals surface area contributed by atoms with E-state index in [1.165, 1.54) is 128 Å². The summed E-state index contributed by atoms with van der Waals surface area (Å²) in [4.78, 5) is 37.5. The van der Waals surface area contributed by atoms with Gasteiger partial charge < -0.3 is 27.9 Å². The minimum Gasteiger partial charge on any atom is -0.756 e. The van der Waals surface area contributed by atoms with E-state index in [9.17, 15) is 19.0 Å². The van der Waals surface area contributed by atoms with E-state index in [1.54, 1.807) is 0 Å². The zero-order valence-electron chi connectivity index (χ0n) is 37.3. The third-order valence-corrected chi connectivity index (χ3v) is 11.2. The number of likely N-dealkylation sites (N-methyl/N-ethyl adjacent to an activating group) is 1. The molecule has 10 heteroatoms. The summed E-state index contributed by atoms with van der Waals surface area (Å²) >= 11 is 0. The molecule has 0 aromatic carbocycles. The van der Waals surface area contributed by atoms with Gasteiger partial charge in [0.25, 0.3) is 7.82 Å². The molecule has 0 aliphatic rings. The van der Waals surface area contributed by atoms with Gasteiger partial charge in [0.2, 0.25) is 0 Å². The van der Waals surface area contributed by atoms with Crippen molar-refractivity contribution in [1.82, 2.24) is 0 Å². The summed E-state index contributed by atoms with van der Waals surface area (Å²) in [5.41, 5.74) is 0. The van der Waals surface area contributed by atoms with Crippen LogP contribution in [0.3, 0.4) is 0 Å². The van der Waals surface area contributed by atoms with Crippen LogP contribution < -0.4 is 4.89 Å². The van der Waals surface area contributed by atoms with Crippen molar-refractivity contribution in [3.8, 4) is 0 Å². The first kappa shape index (κ1) is 54.8. The number of phosphoric acid groups is 1. The highest BCUT2D eigenvalue weighted by Gasteiger charge is 2.21. The Balaban J connectivity index is 4.18. The quantitative estimate of drug-likeness (QED) is 0.0197.